The molecular formula is C14H9Cl2NO2. The van der Waals surface area contributed by atoms with Crippen molar-refractivity contribution in [3.63, 3.8) is 0 Å². The molecule has 0 fully saturated rings. The summed E-state index contributed by atoms with van der Waals surface area (Å²) >= 11 is 11.9. The molecule has 2 aromatic carbocycles. The fraction of sp³-hybridized carbons (Fsp3) is 0.0714. The maximum Gasteiger partial charge on any atom is 0.227 e. The van der Waals surface area contributed by atoms with E-state index in [1.165, 1.54) is 0 Å². The molecule has 0 amide bonds. The lowest BCUT2D eigenvalue weighted by Gasteiger charge is -1.98. The van der Waals surface area contributed by atoms with Gasteiger partial charge in [-0.05, 0) is 23.8 Å². The van der Waals surface area contributed by atoms with Crippen LogP contribution in [0.4, 0.5) is 0 Å². The van der Waals surface area contributed by atoms with Crippen LogP contribution >= 0.6 is 23.2 Å². The second-order valence-electron chi connectivity index (χ2n) is 4.11. The molecule has 1 heterocycles. The standard InChI is InChI=1S/C14H9Cl2NO2/c15-10-5-12-13(6-11(10)16)19-14(17-12)9-3-1-2-8(4-9)7-18/h1-6,18H,7H2. The molecule has 0 atom stereocenters. The topological polar surface area (TPSA) is 46.3 Å². The smallest absolute Gasteiger partial charge is 0.227 e. The highest BCUT2D eigenvalue weighted by atomic mass is 35.5. The molecule has 96 valence electrons. The van der Waals surface area contributed by atoms with Gasteiger partial charge in [0.05, 0.1) is 16.7 Å². The van der Waals surface area contributed by atoms with Crippen LogP contribution in [0.3, 0.4) is 0 Å². The van der Waals surface area contributed by atoms with Gasteiger partial charge in [-0.25, -0.2) is 4.98 Å². The summed E-state index contributed by atoms with van der Waals surface area (Å²) in [5, 5.41) is 10.0. The highest BCUT2D eigenvalue weighted by Crippen LogP contribution is 2.31. The second-order valence-corrected chi connectivity index (χ2v) is 4.93. The first-order chi connectivity index (χ1) is 9.17. The number of oxazole rings is 1. The van der Waals surface area contributed by atoms with Crippen molar-refractivity contribution in [2.75, 3.05) is 0 Å². The number of rotatable bonds is 2. The number of halogens is 2. The molecular weight excluding hydrogens is 285 g/mol. The van der Waals surface area contributed by atoms with Crippen LogP contribution in [0.2, 0.25) is 10.0 Å². The minimum atomic E-state index is -0.0221. The lowest BCUT2D eigenvalue weighted by Crippen LogP contribution is -1.84. The van der Waals surface area contributed by atoms with Gasteiger partial charge in [0.25, 0.3) is 0 Å². The third-order valence-corrected chi connectivity index (χ3v) is 3.51. The monoisotopic (exact) mass is 293 g/mol. The quantitative estimate of drug-likeness (QED) is 0.766. The molecule has 3 aromatic rings. The molecule has 1 aromatic heterocycles. The number of aliphatic hydroxyl groups is 1. The predicted molar refractivity (Wildman–Crippen MR) is 75.4 cm³/mol. The highest BCUT2D eigenvalue weighted by molar-refractivity contribution is 6.42. The first-order valence-electron chi connectivity index (χ1n) is 5.63. The SMILES string of the molecule is OCc1cccc(-c2nc3cc(Cl)c(Cl)cc3o2)c1. The molecule has 0 saturated heterocycles. The molecule has 19 heavy (non-hydrogen) atoms. The van der Waals surface area contributed by atoms with Crippen molar-refractivity contribution in [1.29, 1.82) is 0 Å². The van der Waals surface area contributed by atoms with Crippen molar-refractivity contribution in [2.24, 2.45) is 0 Å². The zero-order valence-corrected chi connectivity index (χ0v) is 11.2. The van der Waals surface area contributed by atoms with E-state index in [0.29, 0.717) is 27.0 Å². The Morgan fingerprint density at radius 2 is 1.89 bits per heavy atom. The van der Waals surface area contributed by atoms with Crippen molar-refractivity contribution < 1.29 is 9.52 Å². The summed E-state index contributed by atoms with van der Waals surface area (Å²) in [5.41, 5.74) is 2.84. The van der Waals surface area contributed by atoms with E-state index in [9.17, 15) is 0 Å². The summed E-state index contributed by atoms with van der Waals surface area (Å²) in [6.45, 7) is -0.0221. The van der Waals surface area contributed by atoms with Crippen LogP contribution in [0.25, 0.3) is 22.6 Å². The Morgan fingerprint density at radius 1 is 1.11 bits per heavy atom. The predicted octanol–water partition coefficient (Wildman–Crippen LogP) is 4.29. The maximum absolute atomic E-state index is 9.14. The fourth-order valence-electron chi connectivity index (χ4n) is 1.85. The molecule has 0 aliphatic heterocycles. The van der Waals surface area contributed by atoms with Gasteiger partial charge in [0.15, 0.2) is 5.58 Å². The number of aromatic nitrogens is 1. The summed E-state index contributed by atoms with van der Waals surface area (Å²) in [6, 6.07) is 10.7. The third kappa shape index (κ3) is 2.32. The lowest BCUT2D eigenvalue weighted by atomic mass is 10.1. The number of aliphatic hydroxyl groups excluding tert-OH is 1. The van der Waals surface area contributed by atoms with Crippen LogP contribution in [-0.4, -0.2) is 10.1 Å². The van der Waals surface area contributed by atoms with E-state index in [-0.39, 0.29) is 6.61 Å². The van der Waals surface area contributed by atoms with Gasteiger partial charge in [-0.1, -0.05) is 35.3 Å². The molecule has 3 rings (SSSR count). The summed E-state index contributed by atoms with van der Waals surface area (Å²) < 4.78 is 5.65. The van der Waals surface area contributed by atoms with Crippen molar-refractivity contribution >= 4 is 34.3 Å². The van der Waals surface area contributed by atoms with Gasteiger partial charge >= 0.3 is 0 Å². The van der Waals surface area contributed by atoms with Gasteiger partial charge in [0, 0.05) is 11.6 Å². The van der Waals surface area contributed by atoms with E-state index < -0.39 is 0 Å². The number of fused-ring (bicyclic) bond motifs is 1. The number of benzene rings is 2. The second kappa shape index (κ2) is 4.85. The van der Waals surface area contributed by atoms with Crippen molar-refractivity contribution in [1.82, 2.24) is 4.98 Å². The fourth-order valence-corrected chi connectivity index (χ4v) is 2.16. The Morgan fingerprint density at radius 3 is 2.68 bits per heavy atom. The molecule has 5 heteroatoms. The zero-order valence-electron chi connectivity index (χ0n) is 9.73. The first-order valence-corrected chi connectivity index (χ1v) is 6.39. The van der Waals surface area contributed by atoms with Gasteiger partial charge in [-0.15, -0.1) is 0 Å². The molecule has 3 nitrogen and oxygen atoms in total. The van der Waals surface area contributed by atoms with Crippen LogP contribution in [-0.2, 0) is 6.61 Å². The molecule has 0 spiro atoms. The summed E-state index contributed by atoms with van der Waals surface area (Å²) in [7, 11) is 0. The Bertz CT molecular complexity index is 713. The molecule has 0 bridgehead atoms. The van der Waals surface area contributed by atoms with Crippen LogP contribution in [0, 0.1) is 0 Å². The van der Waals surface area contributed by atoms with E-state index in [2.05, 4.69) is 4.98 Å². The highest BCUT2D eigenvalue weighted by Gasteiger charge is 2.11. The Labute approximate surface area is 119 Å². The van der Waals surface area contributed by atoms with E-state index in [1.807, 2.05) is 24.3 Å². The Balaban J connectivity index is 2.14. The Hall–Kier alpha value is -1.55. The van der Waals surface area contributed by atoms with E-state index in [4.69, 9.17) is 32.7 Å². The zero-order chi connectivity index (χ0) is 13.4. The van der Waals surface area contributed by atoms with Crippen LogP contribution in [0.1, 0.15) is 5.56 Å². The molecule has 0 aliphatic rings. The van der Waals surface area contributed by atoms with Gasteiger partial charge in [0.2, 0.25) is 5.89 Å². The average molecular weight is 294 g/mol. The normalized spacial score (nSPS) is 11.1. The number of hydrogen-bond acceptors (Lipinski definition) is 3. The summed E-state index contributed by atoms with van der Waals surface area (Å²) in [5.74, 6) is 0.476. The van der Waals surface area contributed by atoms with E-state index in [0.717, 1.165) is 11.1 Å². The molecule has 1 N–H and O–H groups in total. The van der Waals surface area contributed by atoms with Crippen molar-refractivity contribution in [3.05, 3.63) is 52.0 Å². The van der Waals surface area contributed by atoms with Crippen molar-refractivity contribution in [2.45, 2.75) is 6.61 Å². The van der Waals surface area contributed by atoms with Gasteiger partial charge in [-0.2, -0.15) is 0 Å². The third-order valence-electron chi connectivity index (χ3n) is 2.79. The minimum absolute atomic E-state index is 0.0221. The van der Waals surface area contributed by atoms with Crippen molar-refractivity contribution in [3.8, 4) is 11.5 Å². The van der Waals surface area contributed by atoms with E-state index >= 15 is 0 Å². The molecule has 0 saturated carbocycles. The Kier molecular flexibility index (Phi) is 3.19. The molecule has 0 aliphatic carbocycles. The largest absolute Gasteiger partial charge is 0.436 e. The van der Waals surface area contributed by atoms with Crippen LogP contribution in [0.15, 0.2) is 40.8 Å². The van der Waals surface area contributed by atoms with Gasteiger partial charge < -0.3 is 9.52 Å². The van der Waals surface area contributed by atoms with Crippen LogP contribution in [0.5, 0.6) is 0 Å². The van der Waals surface area contributed by atoms with Crippen LogP contribution < -0.4 is 0 Å². The lowest BCUT2D eigenvalue weighted by molar-refractivity contribution is 0.282. The first kappa shape index (κ1) is 12.5. The molecule has 0 unspecified atom stereocenters. The molecule has 0 radical (unpaired) electrons. The van der Waals surface area contributed by atoms with Gasteiger partial charge in [0.1, 0.15) is 5.52 Å². The summed E-state index contributed by atoms with van der Waals surface area (Å²) in [4.78, 5) is 4.37. The maximum atomic E-state index is 9.14. The number of nitrogens with zero attached hydrogens (tertiary/aromatic N) is 1. The average Bonchev–Trinajstić information content (AvgIpc) is 2.82. The minimum Gasteiger partial charge on any atom is -0.436 e. The van der Waals surface area contributed by atoms with E-state index in [1.54, 1.807) is 12.1 Å². The number of hydrogen-bond donors (Lipinski definition) is 1. The van der Waals surface area contributed by atoms with Gasteiger partial charge in [-0.3, -0.25) is 0 Å². The summed E-state index contributed by atoms with van der Waals surface area (Å²) in [6.07, 6.45) is 0.